The van der Waals surface area contributed by atoms with Gasteiger partial charge in [0.25, 0.3) is 0 Å². The third kappa shape index (κ3) is 4.88. The lowest BCUT2D eigenvalue weighted by Gasteiger charge is -2.32. The second-order valence-corrected chi connectivity index (χ2v) is 7.81. The summed E-state index contributed by atoms with van der Waals surface area (Å²) in [5.41, 5.74) is 5.06. The van der Waals surface area contributed by atoms with Crippen LogP contribution in [0.2, 0.25) is 0 Å². The Bertz CT molecular complexity index is 908. The maximum atomic E-state index is 5.48. The van der Waals surface area contributed by atoms with E-state index in [0.29, 0.717) is 0 Å². The van der Waals surface area contributed by atoms with E-state index in [-0.39, 0.29) is 0 Å². The van der Waals surface area contributed by atoms with Gasteiger partial charge >= 0.3 is 0 Å². The number of nitrogens with one attached hydrogen (secondary N) is 1. The highest BCUT2D eigenvalue weighted by molar-refractivity contribution is 5.80. The SMILES string of the molecule is CN=C(NCc1ccc(N2CCOCC2)cc1)N1CCc2cc(OC)c(OC)cc2C1. The van der Waals surface area contributed by atoms with Gasteiger partial charge in [-0.3, -0.25) is 4.99 Å². The summed E-state index contributed by atoms with van der Waals surface area (Å²) in [4.78, 5) is 9.18. The van der Waals surface area contributed by atoms with Crippen molar-refractivity contribution >= 4 is 11.6 Å². The summed E-state index contributed by atoms with van der Waals surface area (Å²) >= 11 is 0. The maximum Gasteiger partial charge on any atom is 0.194 e. The first kappa shape index (κ1) is 21.3. The van der Waals surface area contributed by atoms with Crippen molar-refractivity contribution in [3.05, 3.63) is 53.1 Å². The van der Waals surface area contributed by atoms with Crippen molar-refractivity contribution in [3.63, 3.8) is 0 Å². The highest BCUT2D eigenvalue weighted by Crippen LogP contribution is 2.33. The zero-order chi connectivity index (χ0) is 21.6. The molecule has 0 aromatic heterocycles. The van der Waals surface area contributed by atoms with Crippen LogP contribution in [0.3, 0.4) is 0 Å². The number of morpholine rings is 1. The van der Waals surface area contributed by atoms with Crippen molar-refractivity contribution in [2.45, 2.75) is 19.5 Å². The molecule has 1 N–H and O–H groups in total. The zero-order valence-electron chi connectivity index (χ0n) is 18.7. The molecule has 0 amide bonds. The molecule has 4 rings (SSSR count). The van der Waals surface area contributed by atoms with E-state index < -0.39 is 0 Å². The highest BCUT2D eigenvalue weighted by Gasteiger charge is 2.21. The molecule has 1 saturated heterocycles. The predicted molar refractivity (Wildman–Crippen MR) is 123 cm³/mol. The minimum Gasteiger partial charge on any atom is -0.493 e. The van der Waals surface area contributed by atoms with E-state index in [0.717, 1.165) is 69.8 Å². The van der Waals surface area contributed by atoms with Crippen LogP contribution in [0.25, 0.3) is 0 Å². The number of guanidine groups is 1. The molecule has 0 spiro atoms. The van der Waals surface area contributed by atoms with Gasteiger partial charge in [-0.25, -0.2) is 0 Å². The third-order valence-electron chi connectivity index (χ3n) is 5.99. The summed E-state index contributed by atoms with van der Waals surface area (Å²) < 4.78 is 16.4. The Morgan fingerprint density at radius 2 is 1.68 bits per heavy atom. The van der Waals surface area contributed by atoms with Crippen LogP contribution in [-0.4, -0.2) is 65.0 Å². The molecular formula is C24H32N4O3. The average molecular weight is 425 g/mol. The van der Waals surface area contributed by atoms with Crippen molar-refractivity contribution in [2.24, 2.45) is 4.99 Å². The van der Waals surface area contributed by atoms with E-state index in [1.165, 1.54) is 22.4 Å². The first-order valence-corrected chi connectivity index (χ1v) is 10.8. The van der Waals surface area contributed by atoms with Crippen molar-refractivity contribution < 1.29 is 14.2 Å². The number of nitrogens with zero attached hydrogens (tertiary/aromatic N) is 3. The molecule has 2 aromatic carbocycles. The molecule has 7 nitrogen and oxygen atoms in total. The average Bonchev–Trinajstić information content (AvgIpc) is 2.84. The van der Waals surface area contributed by atoms with E-state index in [9.17, 15) is 0 Å². The lowest BCUT2D eigenvalue weighted by Crippen LogP contribution is -2.43. The van der Waals surface area contributed by atoms with Gasteiger partial charge in [-0.2, -0.15) is 0 Å². The molecule has 0 aliphatic carbocycles. The Hall–Kier alpha value is -2.93. The quantitative estimate of drug-likeness (QED) is 0.588. The van der Waals surface area contributed by atoms with Gasteiger partial charge in [0.05, 0.1) is 27.4 Å². The van der Waals surface area contributed by atoms with E-state index in [2.05, 4.69) is 56.5 Å². The largest absolute Gasteiger partial charge is 0.493 e. The second kappa shape index (κ2) is 9.92. The molecular weight excluding hydrogens is 392 g/mol. The molecule has 7 heteroatoms. The molecule has 0 radical (unpaired) electrons. The molecule has 2 aromatic rings. The smallest absolute Gasteiger partial charge is 0.194 e. The molecule has 0 atom stereocenters. The number of aliphatic imine (C=N–C) groups is 1. The van der Waals surface area contributed by atoms with Crippen LogP contribution in [0.5, 0.6) is 11.5 Å². The number of anilines is 1. The fourth-order valence-corrected chi connectivity index (χ4v) is 4.22. The Balaban J connectivity index is 1.38. The lowest BCUT2D eigenvalue weighted by molar-refractivity contribution is 0.122. The molecule has 2 aliphatic heterocycles. The van der Waals surface area contributed by atoms with Gasteiger partial charge in [-0.1, -0.05) is 12.1 Å². The third-order valence-corrected chi connectivity index (χ3v) is 5.99. The van der Waals surface area contributed by atoms with Crippen molar-refractivity contribution in [1.29, 1.82) is 0 Å². The molecule has 31 heavy (non-hydrogen) atoms. The first-order chi connectivity index (χ1) is 15.2. The molecule has 0 saturated carbocycles. The number of rotatable bonds is 5. The Morgan fingerprint density at radius 1 is 1.00 bits per heavy atom. The minimum atomic E-state index is 0.741. The van der Waals surface area contributed by atoms with Crippen LogP contribution in [0.15, 0.2) is 41.4 Å². The van der Waals surface area contributed by atoms with Gasteiger partial charge in [0.15, 0.2) is 17.5 Å². The van der Waals surface area contributed by atoms with Crippen LogP contribution in [0, 0.1) is 0 Å². The van der Waals surface area contributed by atoms with Gasteiger partial charge in [-0.05, 0) is 47.4 Å². The second-order valence-electron chi connectivity index (χ2n) is 7.81. The topological polar surface area (TPSA) is 58.6 Å². The highest BCUT2D eigenvalue weighted by atomic mass is 16.5. The number of hydrogen-bond acceptors (Lipinski definition) is 5. The van der Waals surface area contributed by atoms with Gasteiger partial charge in [0.2, 0.25) is 0 Å². The summed E-state index contributed by atoms with van der Waals surface area (Å²) in [6.07, 6.45) is 0.949. The molecule has 0 bridgehead atoms. The fourth-order valence-electron chi connectivity index (χ4n) is 4.22. The monoisotopic (exact) mass is 424 g/mol. The Kier molecular flexibility index (Phi) is 6.82. The normalized spacial score (nSPS) is 16.7. The lowest BCUT2D eigenvalue weighted by atomic mass is 9.99. The Morgan fingerprint density at radius 3 is 2.32 bits per heavy atom. The van der Waals surface area contributed by atoms with Gasteiger partial charge in [0, 0.05) is 45.5 Å². The predicted octanol–water partition coefficient (Wildman–Crippen LogP) is 2.67. The maximum absolute atomic E-state index is 5.48. The zero-order valence-corrected chi connectivity index (χ0v) is 18.7. The van der Waals surface area contributed by atoms with Crippen molar-refractivity contribution in [2.75, 3.05) is 59.0 Å². The number of ether oxygens (including phenoxy) is 3. The van der Waals surface area contributed by atoms with Crippen LogP contribution in [0.4, 0.5) is 5.69 Å². The molecule has 1 fully saturated rings. The van der Waals surface area contributed by atoms with Gasteiger partial charge in [-0.15, -0.1) is 0 Å². The van der Waals surface area contributed by atoms with Crippen LogP contribution in [-0.2, 0) is 24.2 Å². The minimum absolute atomic E-state index is 0.741. The fraction of sp³-hybridized carbons (Fsp3) is 0.458. The van der Waals surface area contributed by atoms with Gasteiger partial charge in [0.1, 0.15) is 0 Å². The van der Waals surface area contributed by atoms with E-state index in [1.807, 2.05) is 7.05 Å². The van der Waals surface area contributed by atoms with Crippen LogP contribution < -0.4 is 19.7 Å². The number of fused-ring (bicyclic) bond motifs is 1. The summed E-state index contributed by atoms with van der Waals surface area (Å²) in [7, 11) is 5.20. The summed E-state index contributed by atoms with van der Waals surface area (Å²) in [5, 5.41) is 3.52. The summed E-state index contributed by atoms with van der Waals surface area (Å²) in [6.45, 7) is 5.97. The van der Waals surface area contributed by atoms with E-state index in [4.69, 9.17) is 14.2 Å². The van der Waals surface area contributed by atoms with Crippen LogP contribution >= 0.6 is 0 Å². The van der Waals surface area contributed by atoms with Crippen LogP contribution in [0.1, 0.15) is 16.7 Å². The van der Waals surface area contributed by atoms with E-state index >= 15 is 0 Å². The van der Waals surface area contributed by atoms with Gasteiger partial charge < -0.3 is 29.3 Å². The number of hydrogen-bond donors (Lipinski definition) is 1. The molecule has 2 heterocycles. The van der Waals surface area contributed by atoms with Crippen molar-refractivity contribution in [1.82, 2.24) is 10.2 Å². The first-order valence-electron chi connectivity index (χ1n) is 10.8. The molecule has 166 valence electrons. The summed E-state index contributed by atoms with van der Waals surface area (Å²) in [6, 6.07) is 12.9. The summed E-state index contributed by atoms with van der Waals surface area (Å²) in [5.74, 6) is 2.47. The molecule has 2 aliphatic rings. The van der Waals surface area contributed by atoms with Crippen molar-refractivity contribution in [3.8, 4) is 11.5 Å². The molecule has 0 unspecified atom stereocenters. The number of benzene rings is 2. The van der Waals surface area contributed by atoms with E-state index in [1.54, 1.807) is 14.2 Å². The standard InChI is InChI=1S/C24H32N4O3/c1-25-24(26-16-18-4-6-21(7-5-18)27-10-12-31-13-11-27)28-9-8-19-14-22(29-2)23(30-3)15-20(19)17-28/h4-7,14-15H,8-13,16-17H2,1-3H3,(H,25,26). The number of methoxy groups -OCH3 is 2. The Labute approximate surface area is 184 Å².